The Morgan fingerprint density at radius 3 is 2.48 bits per heavy atom. The highest BCUT2D eigenvalue weighted by Crippen LogP contribution is 2.37. The summed E-state index contributed by atoms with van der Waals surface area (Å²) in [5.74, 6) is 1.20. The Morgan fingerprint density at radius 2 is 1.85 bits per heavy atom. The number of methoxy groups -OCH3 is 1. The van der Waals surface area contributed by atoms with E-state index in [4.69, 9.17) is 4.74 Å². The zero-order valence-corrected chi connectivity index (χ0v) is 17.7. The molecule has 8 nitrogen and oxygen atoms in total. The fourth-order valence-corrected chi connectivity index (χ4v) is 3.45. The molecule has 0 radical (unpaired) electrons. The average molecular weight is 461 g/mol. The van der Waals surface area contributed by atoms with Crippen LogP contribution in [0.3, 0.4) is 0 Å². The molecule has 1 aromatic heterocycles. The van der Waals surface area contributed by atoms with Gasteiger partial charge in [-0.3, -0.25) is 4.57 Å². The van der Waals surface area contributed by atoms with E-state index in [1.165, 1.54) is 22.9 Å². The van der Waals surface area contributed by atoms with Crippen LogP contribution in [-0.4, -0.2) is 34.0 Å². The molecule has 1 saturated carbocycles. The minimum Gasteiger partial charge on any atom is -0.497 e. The van der Waals surface area contributed by atoms with E-state index in [-0.39, 0.29) is 30.5 Å². The fraction of sp³-hybridized carbons (Fsp3) is 0.318. The molecular weight excluding hydrogens is 439 g/mol. The van der Waals surface area contributed by atoms with Crippen LogP contribution >= 0.6 is 0 Å². The number of nitrogens with zero attached hydrogens (tertiary/aromatic N) is 3. The van der Waals surface area contributed by atoms with Gasteiger partial charge in [-0.1, -0.05) is 12.1 Å². The molecule has 0 saturated heterocycles. The second-order valence-electron chi connectivity index (χ2n) is 7.58. The predicted molar refractivity (Wildman–Crippen MR) is 115 cm³/mol. The zero-order valence-electron chi connectivity index (χ0n) is 17.7. The Kier molecular flexibility index (Phi) is 6.12. The van der Waals surface area contributed by atoms with E-state index in [2.05, 4.69) is 15.7 Å². The van der Waals surface area contributed by atoms with Gasteiger partial charge in [-0.2, -0.15) is 13.2 Å². The van der Waals surface area contributed by atoms with Gasteiger partial charge >= 0.3 is 17.9 Å². The van der Waals surface area contributed by atoms with Crippen molar-refractivity contribution in [2.45, 2.75) is 31.6 Å². The molecule has 0 aliphatic heterocycles. The van der Waals surface area contributed by atoms with Gasteiger partial charge in [0.05, 0.1) is 24.9 Å². The van der Waals surface area contributed by atoms with E-state index in [1.807, 2.05) is 12.1 Å². The zero-order chi connectivity index (χ0) is 23.6. The summed E-state index contributed by atoms with van der Waals surface area (Å²) in [6, 6.07) is 11.2. The maximum atomic E-state index is 13.1. The number of rotatable bonds is 7. The first-order valence-electron chi connectivity index (χ1n) is 10.3. The van der Waals surface area contributed by atoms with Gasteiger partial charge in [-0.25, -0.2) is 14.3 Å². The fourth-order valence-electron chi connectivity index (χ4n) is 3.45. The second kappa shape index (κ2) is 9.00. The summed E-state index contributed by atoms with van der Waals surface area (Å²) < 4.78 is 47.3. The first-order valence-corrected chi connectivity index (χ1v) is 10.3. The van der Waals surface area contributed by atoms with Crippen LogP contribution in [0, 0.1) is 0 Å². The third kappa shape index (κ3) is 5.02. The molecule has 2 N–H and O–H groups in total. The molecule has 3 aromatic rings. The van der Waals surface area contributed by atoms with Gasteiger partial charge < -0.3 is 15.4 Å². The standard InChI is InChI=1S/C22H22F3N5O3/c1-33-16-10-6-14(7-11-16)19-28-29(21(32)30(19)15-8-9-15)13-12-26-20(31)27-18-5-3-2-4-17(18)22(23,24)25/h2-7,10-11,15H,8-9,12-13H2,1H3,(H2,26,27,31). The van der Waals surface area contributed by atoms with Crippen molar-refractivity contribution in [3.8, 4) is 17.1 Å². The summed E-state index contributed by atoms with van der Waals surface area (Å²) in [5, 5.41) is 9.11. The molecule has 4 rings (SSSR count). The Labute approximate surface area is 187 Å². The molecule has 1 heterocycles. The molecule has 0 unspecified atom stereocenters. The summed E-state index contributed by atoms with van der Waals surface area (Å²) in [5.41, 5.74) is -0.830. The van der Waals surface area contributed by atoms with Crippen molar-refractivity contribution in [2.24, 2.45) is 0 Å². The number of nitrogens with one attached hydrogen (secondary N) is 2. The van der Waals surface area contributed by atoms with Crippen LogP contribution in [0.4, 0.5) is 23.7 Å². The van der Waals surface area contributed by atoms with Crippen LogP contribution in [0.2, 0.25) is 0 Å². The lowest BCUT2D eigenvalue weighted by atomic mass is 10.1. The Morgan fingerprint density at radius 1 is 1.15 bits per heavy atom. The van der Waals surface area contributed by atoms with Crippen LogP contribution in [0.1, 0.15) is 24.4 Å². The van der Waals surface area contributed by atoms with Crippen molar-refractivity contribution in [1.29, 1.82) is 0 Å². The van der Waals surface area contributed by atoms with Gasteiger partial charge in [-0.05, 0) is 49.2 Å². The number of hydrogen-bond acceptors (Lipinski definition) is 4. The van der Waals surface area contributed by atoms with Gasteiger partial charge in [0.25, 0.3) is 0 Å². The van der Waals surface area contributed by atoms with Crippen LogP contribution in [0.25, 0.3) is 11.4 Å². The third-order valence-electron chi connectivity index (χ3n) is 5.22. The lowest BCUT2D eigenvalue weighted by molar-refractivity contribution is -0.136. The second-order valence-corrected chi connectivity index (χ2v) is 7.58. The molecule has 1 aliphatic carbocycles. The number of para-hydroxylation sites is 1. The van der Waals surface area contributed by atoms with Gasteiger partial charge in [-0.15, -0.1) is 5.10 Å². The van der Waals surface area contributed by atoms with Crippen LogP contribution in [0.15, 0.2) is 53.3 Å². The Hall–Kier alpha value is -3.76. The van der Waals surface area contributed by atoms with Crippen molar-refractivity contribution < 1.29 is 22.7 Å². The first kappa shape index (κ1) is 22.4. The molecule has 11 heteroatoms. The minimum absolute atomic E-state index is 0.00363. The number of hydrogen-bond donors (Lipinski definition) is 2. The minimum atomic E-state index is -4.59. The molecule has 0 spiro atoms. The number of carbonyl (C=O) groups excluding carboxylic acids is 1. The predicted octanol–water partition coefficient (Wildman–Crippen LogP) is 3.90. The highest BCUT2D eigenvalue weighted by Gasteiger charge is 2.33. The molecule has 2 amide bonds. The molecule has 0 atom stereocenters. The summed E-state index contributed by atoms with van der Waals surface area (Å²) in [6.07, 6.45) is -2.83. The quantitative estimate of drug-likeness (QED) is 0.559. The lowest BCUT2D eigenvalue weighted by Gasteiger charge is -2.13. The SMILES string of the molecule is COc1ccc(-c2nn(CCNC(=O)Nc3ccccc3C(F)(F)F)c(=O)n2C2CC2)cc1. The number of alkyl halides is 3. The third-order valence-corrected chi connectivity index (χ3v) is 5.22. The topological polar surface area (TPSA) is 90.2 Å². The van der Waals surface area contributed by atoms with Crippen molar-refractivity contribution in [3.05, 3.63) is 64.6 Å². The average Bonchev–Trinajstić information content (AvgIpc) is 3.57. The maximum absolute atomic E-state index is 13.1. The monoisotopic (exact) mass is 461 g/mol. The molecular formula is C22H22F3N5O3. The molecule has 0 bridgehead atoms. The van der Waals surface area contributed by atoms with Crippen molar-refractivity contribution in [2.75, 3.05) is 19.0 Å². The normalized spacial score (nSPS) is 13.6. The van der Waals surface area contributed by atoms with Crippen molar-refractivity contribution in [1.82, 2.24) is 19.7 Å². The summed E-state index contributed by atoms with van der Waals surface area (Å²) in [6.45, 7) is 0.0691. The molecule has 33 heavy (non-hydrogen) atoms. The lowest BCUT2D eigenvalue weighted by Crippen LogP contribution is -2.34. The maximum Gasteiger partial charge on any atom is 0.418 e. The molecule has 1 fully saturated rings. The number of amides is 2. The van der Waals surface area contributed by atoms with Gasteiger partial charge in [0.1, 0.15) is 5.75 Å². The first-order chi connectivity index (χ1) is 15.8. The largest absolute Gasteiger partial charge is 0.497 e. The number of ether oxygens (including phenoxy) is 1. The Bertz CT molecular complexity index is 1200. The van der Waals surface area contributed by atoms with Gasteiger partial charge in [0, 0.05) is 18.2 Å². The number of aromatic nitrogens is 3. The summed E-state index contributed by atoms with van der Waals surface area (Å²) in [7, 11) is 1.56. The summed E-state index contributed by atoms with van der Waals surface area (Å²) in [4.78, 5) is 25.0. The Balaban J connectivity index is 1.44. The highest BCUT2D eigenvalue weighted by atomic mass is 19.4. The number of benzene rings is 2. The number of carbonyl (C=O) groups is 1. The van der Waals surface area contributed by atoms with E-state index >= 15 is 0 Å². The van der Waals surface area contributed by atoms with E-state index in [9.17, 15) is 22.8 Å². The highest BCUT2D eigenvalue weighted by molar-refractivity contribution is 5.90. The van der Waals surface area contributed by atoms with Crippen molar-refractivity contribution >= 4 is 11.7 Å². The van der Waals surface area contributed by atoms with Gasteiger partial charge in [0.2, 0.25) is 0 Å². The number of halogens is 3. The van der Waals surface area contributed by atoms with E-state index in [0.717, 1.165) is 24.5 Å². The smallest absolute Gasteiger partial charge is 0.418 e. The molecule has 1 aliphatic rings. The molecule has 174 valence electrons. The number of anilines is 1. The van der Waals surface area contributed by atoms with E-state index in [0.29, 0.717) is 11.6 Å². The number of urea groups is 1. The molecule has 2 aromatic carbocycles. The van der Waals surface area contributed by atoms with Crippen LogP contribution < -0.4 is 21.1 Å². The van der Waals surface area contributed by atoms with Crippen molar-refractivity contribution in [3.63, 3.8) is 0 Å². The summed E-state index contributed by atoms with van der Waals surface area (Å²) >= 11 is 0. The van der Waals surface area contributed by atoms with Crippen LogP contribution in [0.5, 0.6) is 5.75 Å². The van der Waals surface area contributed by atoms with E-state index in [1.54, 1.807) is 23.8 Å². The van der Waals surface area contributed by atoms with E-state index < -0.39 is 17.8 Å². The van der Waals surface area contributed by atoms with Crippen LogP contribution in [-0.2, 0) is 12.7 Å². The van der Waals surface area contributed by atoms with Gasteiger partial charge in [0.15, 0.2) is 5.82 Å².